The zero-order valence-corrected chi connectivity index (χ0v) is 14.3. The number of aliphatic imine (C=N–C) groups is 1. The molecule has 3 N–H and O–H groups in total. The highest BCUT2D eigenvalue weighted by Crippen LogP contribution is 2.18. The van der Waals surface area contributed by atoms with E-state index in [4.69, 9.17) is 0 Å². The standard InChI is InChI=1S/C18H26N4O2/c1-19-9-7-17(20-2)18(24)21-11-16(23)13-22-10-8-14-5-3-4-6-15(14)12-22/h3-7,9,16,19,23H,8,10-13H2,1-2H3,(H,21,24)/b9-7-,20-17+/t16-/m1/s1. The Balaban J connectivity index is 1.79. The zero-order chi connectivity index (χ0) is 17.4. The third-order valence-electron chi connectivity index (χ3n) is 4.06. The molecule has 1 heterocycles. The van der Waals surface area contributed by atoms with E-state index in [2.05, 4.69) is 38.7 Å². The van der Waals surface area contributed by atoms with Crippen molar-refractivity contribution in [2.45, 2.75) is 19.1 Å². The van der Waals surface area contributed by atoms with Gasteiger partial charge in [-0.25, -0.2) is 0 Å². The summed E-state index contributed by atoms with van der Waals surface area (Å²) in [6.07, 6.45) is 3.63. The molecule has 0 saturated carbocycles. The second kappa shape index (κ2) is 9.20. The van der Waals surface area contributed by atoms with Crippen LogP contribution in [0.2, 0.25) is 0 Å². The monoisotopic (exact) mass is 330 g/mol. The van der Waals surface area contributed by atoms with Gasteiger partial charge in [-0.1, -0.05) is 24.3 Å². The molecule has 1 aliphatic rings. The molecule has 0 radical (unpaired) electrons. The highest BCUT2D eigenvalue weighted by atomic mass is 16.3. The summed E-state index contributed by atoms with van der Waals surface area (Å²) in [7, 11) is 3.32. The van der Waals surface area contributed by atoms with E-state index in [0.717, 1.165) is 19.5 Å². The number of β-amino-alcohol motifs (C(OH)–C–C–N with tert-alkyl or cyclic N) is 1. The minimum Gasteiger partial charge on any atom is -0.394 e. The number of carbonyl (C=O) groups excluding carboxylic acids is 1. The molecule has 1 atom stereocenters. The van der Waals surface area contributed by atoms with Gasteiger partial charge in [-0.2, -0.15) is 0 Å². The van der Waals surface area contributed by atoms with Crippen molar-refractivity contribution < 1.29 is 9.90 Å². The molecular weight excluding hydrogens is 304 g/mol. The summed E-state index contributed by atoms with van der Waals surface area (Å²) in [5.74, 6) is -0.285. The highest BCUT2D eigenvalue weighted by molar-refractivity contribution is 6.43. The fraction of sp³-hybridized carbons (Fsp3) is 0.444. The third kappa shape index (κ3) is 5.18. The molecule has 6 nitrogen and oxygen atoms in total. The summed E-state index contributed by atoms with van der Waals surface area (Å²) < 4.78 is 0. The molecule has 0 aliphatic carbocycles. The summed E-state index contributed by atoms with van der Waals surface area (Å²) in [6.45, 7) is 2.52. The van der Waals surface area contributed by atoms with Crippen LogP contribution in [0, 0.1) is 0 Å². The van der Waals surface area contributed by atoms with Crippen molar-refractivity contribution in [2.75, 3.05) is 33.7 Å². The van der Waals surface area contributed by atoms with E-state index < -0.39 is 6.10 Å². The third-order valence-corrected chi connectivity index (χ3v) is 4.06. The molecule has 0 saturated heterocycles. The molecule has 1 aromatic carbocycles. The van der Waals surface area contributed by atoms with Gasteiger partial charge in [0.15, 0.2) is 0 Å². The molecule has 0 aromatic heterocycles. The molecule has 6 heteroatoms. The molecule has 2 rings (SSSR count). The smallest absolute Gasteiger partial charge is 0.269 e. The van der Waals surface area contributed by atoms with Crippen LogP contribution in [0.15, 0.2) is 41.5 Å². The largest absolute Gasteiger partial charge is 0.394 e. The van der Waals surface area contributed by atoms with Crippen molar-refractivity contribution in [3.05, 3.63) is 47.7 Å². The Labute approximate surface area is 143 Å². The molecule has 1 amide bonds. The number of carbonyl (C=O) groups is 1. The van der Waals surface area contributed by atoms with Gasteiger partial charge in [-0.15, -0.1) is 0 Å². The Morgan fingerprint density at radius 1 is 1.42 bits per heavy atom. The maximum Gasteiger partial charge on any atom is 0.269 e. The topological polar surface area (TPSA) is 77.0 Å². The lowest BCUT2D eigenvalue weighted by molar-refractivity contribution is -0.115. The molecular formula is C18H26N4O2. The van der Waals surface area contributed by atoms with Crippen LogP contribution in [0.25, 0.3) is 0 Å². The number of amides is 1. The first kappa shape index (κ1) is 18.2. The minimum atomic E-state index is -0.606. The number of fused-ring (bicyclic) bond motifs is 1. The summed E-state index contributed by atoms with van der Waals surface area (Å²) in [5, 5.41) is 15.7. The molecule has 0 spiro atoms. The normalized spacial score (nSPS) is 16.7. The predicted molar refractivity (Wildman–Crippen MR) is 96.0 cm³/mol. The van der Waals surface area contributed by atoms with Gasteiger partial charge in [-0.05, 0) is 29.8 Å². The maximum atomic E-state index is 12.0. The van der Waals surface area contributed by atoms with Gasteiger partial charge >= 0.3 is 0 Å². The first-order chi connectivity index (χ1) is 11.6. The number of aliphatic hydroxyl groups is 1. The number of nitrogens with one attached hydrogen (secondary N) is 2. The number of hydrogen-bond donors (Lipinski definition) is 3. The van der Waals surface area contributed by atoms with Crippen LogP contribution < -0.4 is 10.6 Å². The highest BCUT2D eigenvalue weighted by Gasteiger charge is 2.19. The quantitative estimate of drug-likeness (QED) is 0.630. The number of rotatable bonds is 7. The predicted octanol–water partition coefficient (Wildman–Crippen LogP) is 0.326. The van der Waals surface area contributed by atoms with Crippen molar-refractivity contribution in [2.24, 2.45) is 4.99 Å². The fourth-order valence-corrected chi connectivity index (χ4v) is 2.79. The second-order valence-electron chi connectivity index (χ2n) is 5.85. The molecule has 1 aliphatic heterocycles. The number of aliphatic hydroxyl groups excluding tert-OH is 1. The van der Waals surface area contributed by atoms with Gasteiger partial charge in [0.1, 0.15) is 5.71 Å². The molecule has 0 bridgehead atoms. The molecule has 130 valence electrons. The van der Waals surface area contributed by atoms with Crippen molar-refractivity contribution in [1.82, 2.24) is 15.5 Å². The second-order valence-corrected chi connectivity index (χ2v) is 5.85. The molecule has 1 aromatic rings. The first-order valence-electron chi connectivity index (χ1n) is 8.20. The van der Waals surface area contributed by atoms with E-state index in [9.17, 15) is 9.90 Å². The number of benzene rings is 1. The van der Waals surface area contributed by atoms with Crippen molar-refractivity contribution in [3.8, 4) is 0 Å². The Hall–Kier alpha value is -2.18. The van der Waals surface area contributed by atoms with Crippen LogP contribution in [0.1, 0.15) is 11.1 Å². The van der Waals surface area contributed by atoms with Gasteiger partial charge < -0.3 is 15.7 Å². The van der Waals surface area contributed by atoms with Crippen molar-refractivity contribution in [1.29, 1.82) is 0 Å². The summed E-state index contributed by atoms with van der Waals surface area (Å²) >= 11 is 0. The van der Waals surface area contributed by atoms with Gasteiger partial charge in [-0.3, -0.25) is 14.7 Å². The lowest BCUT2D eigenvalue weighted by Crippen LogP contribution is -2.43. The Bertz CT molecular complexity index is 613. The minimum absolute atomic E-state index is 0.212. The van der Waals surface area contributed by atoms with Gasteiger partial charge in [0.25, 0.3) is 5.91 Å². The summed E-state index contributed by atoms with van der Waals surface area (Å²) in [5.41, 5.74) is 3.03. The Morgan fingerprint density at radius 3 is 2.88 bits per heavy atom. The molecule has 0 unspecified atom stereocenters. The van der Waals surface area contributed by atoms with E-state index in [1.54, 1.807) is 26.4 Å². The van der Waals surface area contributed by atoms with E-state index in [0.29, 0.717) is 12.3 Å². The summed E-state index contributed by atoms with van der Waals surface area (Å²) in [4.78, 5) is 18.1. The SMILES string of the molecule is C/N=C(\C=C/NC)C(=O)NC[C@@H](O)CN1CCc2ccccc2C1. The number of hydrogen-bond acceptors (Lipinski definition) is 5. The Kier molecular flexibility index (Phi) is 6.96. The number of nitrogens with zero attached hydrogens (tertiary/aromatic N) is 2. The van der Waals surface area contributed by atoms with Gasteiger partial charge in [0.2, 0.25) is 0 Å². The van der Waals surface area contributed by atoms with Crippen LogP contribution in [-0.2, 0) is 17.8 Å². The van der Waals surface area contributed by atoms with Crippen LogP contribution in [0.4, 0.5) is 0 Å². The van der Waals surface area contributed by atoms with Gasteiger partial charge in [0, 0.05) is 40.3 Å². The average molecular weight is 330 g/mol. The Morgan fingerprint density at radius 2 is 2.17 bits per heavy atom. The van der Waals surface area contributed by atoms with Crippen LogP contribution in [0.5, 0.6) is 0 Å². The van der Waals surface area contributed by atoms with Crippen LogP contribution in [-0.4, -0.2) is 61.5 Å². The van der Waals surface area contributed by atoms with Crippen molar-refractivity contribution in [3.63, 3.8) is 0 Å². The average Bonchev–Trinajstić information content (AvgIpc) is 2.60. The lowest BCUT2D eigenvalue weighted by Gasteiger charge is -2.30. The molecule has 0 fully saturated rings. The maximum absolute atomic E-state index is 12.0. The summed E-state index contributed by atoms with van der Waals surface area (Å²) in [6, 6.07) is 8.40. The van der Waals surface area contributed by atoms with Crippen molar-refractivity contribution >= 4 is 11.6 Å². The van der Waals surface area contributed by atoms with Crippen LogP contribution >= 0.6 is 0 Å². The lowest BCUT2D eigenvalue weighted by atomic mass is 10.00. The van der Waals surface area contributed by atoms with Gasteiger partial charge in [0.05, 0.1) is 6.10 Å². The van der Waals surface area contributed by atoms with E-state index in [1.165, 1.54) is 11.1 Å². The molecule has 24 heavy (non-hydrogen) atoms. The zero-order valence-electron chi connectivity index (χ0n) is 14.3. The van der Waals surface area contributed by atoms with E-state index in [-0.39, 0.29) is 12.5 Å². The first-order valence-corrected chi connectivity index (χ1v) is 8.20. The van der Waals surface area contributed by atoms with E-state index in [1.807, 2.05) is 6.07 Å². The fourth-order valence-electron chi connectivity index (χ4n) is 2.79. The van der Waals surface area contributed by atoms with Crippen LogP contribution in [0.3, 0.4) is 0 Å². The van der Waals surface area contributed by atoms with E-state index >= 15 is 0 Å².